The van der Waals surface area contributed by atoms with Crippen molar-refractivity contribution in [3.8, 4) is 0 Å². The average molecular weight is 337 g/mol. The van der Waals surface area contributed by atoms with E-state index in [1.807, 2.05) is 10.3 Å². The van der Waals surface area contributed by atoms with Crippen LogP contribution in [-0.2, 0) is 6.54 Å². The Bertz CT molecular complexity index is 661. The summed E-state index contributed by atoms with van der Waals surface area (Å²) in [4.78, 5) is 12.5. The van der Waals surface area contributed by atoms with Crippen LogP contribution in [0.4, 0.5) is 13.9 Å². The van der Waals surface area contributed by atoms with Crippen molar-refractivity contribution in [1.29, 1.82) is 0 Å². The van der Waals surface area contributed by atoms with Crippen LogP contribution >= 0.6 is 11.3 Å². The van der Waals surface area contributed by atoms with Crippen LogP contribution in [0.3, 0.4) is 0 Å². The molecule has 5 nitrogen and oxygen atoms in total. The largest absolute Gasteiger partial charge is 0.370 e. The molecule has 2 heterocycles. The Kier molecular flexibility index (Phi) is 4.71. The molecule has 0 spiro atoms. The molecule has 0 amide bonds. The zero-order chi connectivity index (χ0) is 16.2. The predicted molar refractivity (Wildman–Crippen MR) is 87.6 cm³/mol. The van der Waals surface area contributed by atoms with Crippen molar-refractivity contribution < 1.29 is 8.78 Å². The van der Waals surface area contributed by atoms with Gasteiger partial charge in [-0.15, -0.1) is 11.3 Å². The van der Waals surface area contributed by atoms with Crippen molar-refractivity contribution >= 4 is 22.4 Å². The van der Waals surface area contributed by atoms with Gasteiger partial charge in [-0.05, 0) is 12.1 Å². The summed E-state index contributed by atoms with van der Waals surface area (Å²) < 4.78 is 27.2. The lowest BCUT2D eigenvalue weighted by atomic mass is 10.2. The highest BCUT2D eigenvalue weighted by molar-refractivity contribution is 7.13. The molecule has 0 aliphatic carbocycles. The molecule has 3 rings (SSSR count). The molecule has 8 heteroatoms. The highest BCUT2D eigenvalue weighted by Crippen LogP contribution is 2.19. The molecular weight excluding hydrogens is 320 g/mol. The first-order valence-electron chi connectivity index (χ1n) is 7.27. The first-order chi connectivity index (χ1) is 11.1. The molecule has 1 aliphatic heterocycles. The lowest BCUT2D eigenvalue weighted by Crippen LogP contribution is -2.51. The number of halogens is 2. The highest BCUT2D eigenvalue weighted by Gasteiger charge is 2.20. The molecule has 1 aromatic heterocycles. The van der Waals surface area contributed by atoms with Crippen LogP contribution in [0.2, 0.25) is 0 Å². The maximum Gasteiger partial charge on any atom is 0.191 e. The first kappa shape index (κ1) is 15.7. The number of piperazine rings is 1. The van der Waals surface area contributed by atoms with E-state index in [1.54, 1.807) is 17.5 Å². The Balaban J connectivity index is 1.60. The van der Waals surface area contributed by atoms with E-state index in [0.717, 1.165) is 18.2 Å². The van der Waals surface area contributed by atoms with E-state index in [0.29, 0.717) is 19.0 Å². The molecule has 2 N–H and O–H groups in total. The molecule has 23 heavy (non-hydrogen) atoms. The Morgan fingerprint density at radius 2 is 1.91 bits per heavy atom. The zero-order valence-electron chi connectivity index (χ0n) is 12.5. The summed E-state index contributed by atoms with van der Waals surface area (Å²) in [6.45, 7) is 2.88. The molecule has 1 aromatic carbocycles. The van der Waals surface area contributed by atoms with Crippen LogP contribution in [0.5, 0.6) is 0 Å². The maximum absolute atomic E-state index is 13.6. The monoisotopic (exact) mass is 337 g/mol. The number of nitrogens with zero attached hydrogens (tertiary/aromatic N) is 4. The number of thiazole rings is 1. The van der Waals surface area contributed by atoms with Crippen LogP contribution in [0, 0.1) is 11.6 Å². The van der Waals surface area contributed by atoms with Gasteiger partial charge in [-0.3, -0.25) is 0 Å². The molecule has 0 saturated carbocycles. The summed E-state index contributed by atoms with van der Waals surface area (Å²) in [5.74, 6) is -0.892. The van der Waals surface area contributed by atoms with Crippen molar-refractivity contribution in [1.82, 2.24) is 9.88 Å². The van der Waals surface area contributed by atoms with Crippen LogP contribution in [0.15, 0.2) is 34.8 Å². The van der Waals surface area contributed by atoms with E-state index in [4.69, 9.17) is 5.73 Å². The van der Waals surface area contributed by atoms with Crippen molar-refractivity contribution in [2.24, 2.45) is 10.7 Å². The van der Waals surface area contributed by atoms with Gasteiger partial charge in [0.1, 0.15) is 11.6 Å². The lowest BCUT2D eigenvalue weighted by molar-refractivity contribution is 0.380. The molecule has 122 valence electrons. The van der Waals surface area contributed by atoms with Crippen molar-refractivity contribution in [2.75, 3.05) is 31.1 Å². The van der Waals surface area contributed by atoms with E-state index in [1.165, 1.54) is 18.2 Å². The van der Waals surface area contributed by atoms with Gasteiger partial charge < -0.3 is 15.5 Å². The minimum Gasteiger partial charge on any atom is -0.370 e. The fourth-order valence-electron chi connectivity index (χ4n) is 2.44. The van der Waals surface area contributed by atoms with E-state index in [2.05, 4.69) is 14.9 Å². The SMILES string of the molecule is NC(=NCc1c(F)cccc1F)N1CCN(c2nccs2)CC1. The predicted octanol–water partition coefficient (Wildman–Crippen LogP) is 2.06. The number of rotatable bonds is 3. The fourth-order valence-corrected chi connectivity index (χ4v) is 3.14. The molecule has 1 aliphatic rings. The summed E-state index contributed by atoms with van der Waals surface area (Å²) in [6, 6.07) is 3.77. The second-order valence-corrected chi connectivity index (χ2v) is 6.04. The third-order valence-electron chi connectivity index (χ3n) is 3.75. The van der Waals surface area contributed by atoms with Gasteiger partial charge in [-0.1, -0.05) is 6.07 Å². The number of hydrogen-bond acceptors (Lipinski definition) is 4. The summed E-state index contributed by atoms with van der Waals surface area (Å²) >= 11 is 1.60. The summed E-state index contributed by atoms with van der Waals surface area (Å²) in [7, 11) is 0. The Labute approximate surface area is 137 Å². The zero-order valence-corrected chi connectivity index (χ0v) is 13.3. The number of aromatic nitrogens is 1. The van der Waals surface area contributed by atoms with E-state index < -0.39 is 11.6 Å². The Hall–Kier alpha value is -2.22. The minimum atomic E-state index is -0.602. The van der Waals surface area contributed by atoms with Crippen LogP contribution < -0.4 is 10.6 Å². The molecule has 1 saturated heterocycles. The molecule has 2 aromatic rings. The lowest BCUT2D eigenvalue weighted by Gasteiger charge is -2.35. The molecule has 0 bridgehead atoms. The van der Waals surface area contributed by atoms with Crippen LogP contribution in [0.25, 0.3) is 0 Å². The smallest absolute Gasteiger partial charge is 0.191 e. The van der Waals surface area contributed by atoms with Crippen molar-refractivity contribution in [2.45, 2.75) is 6.54 Å². The minimum absolute atomic E-state index is 0.0585. The van der Waals surface area contributed by atoms with Gasteiger partial charge in [0.25, 0.3) is 0 Å². The van der Waals surface area contributed by atoms with Crippen LogP contribution in [0.1, 0.15) is 5.56 Å². The standard InChI is InChI=1S/C15H17F2N5S/c16-12-2-1-3-13(17)11(12)10-20-14(18)21-5-7-22(8-6-21)15-19-4-9-23-15/h1-4,9H,5-8,10H2,(H2,18,20). The fraction of sp³-hybridized carbons (Fsp3) is 0.333. The van der Waals surface area contributed by atoms with Crippen molar-refractivity contribution in [3.63, 3.8) is 0 Å². The molecule has 1 fully saturated rings. The number of nitrogens with two attached hydrogens (primary N) is 1. The average Bonchev–Trinajstić information content (AvgIpc) is 3.09. The van der Waals surface area contributed by atoms with E-state index in [9.17, 15) is 8.78 Å². The van der Waals surface area contributed by atoms with Gasteiger partial charge in [0, 0.05) is 43.3 Å². The number of benzene rings is 1. The quantitative estimate of drug-likeness (QED) is 0.688. The third-order valence-corrected chi connectivity index (χ3v) is 4.59. The number of anilines is 1. The second-order valence-electron chi connectivity index (χ2n) is 5.16. The van der Waals surface area contributed by atoms with Gasteiger partial charge in [0.15, 0.2) is 11.1 Å². The van der Waals surface area contributed by atoms with Gasteiger partial charge in [-0.25, -0.2) is 18.8 Å². The number of aliphatic imine (C=N–C) groups is 1. The third kappa shape index (κ3) is 3.58. The Morgan fingerprint density at radius 1 is 1.22 bits per heavy atom. The van der Waals surface area contributed by atoms with E-state index >= 15 is 0 Å². The van der Waals surface area contributed by atoms with Gasteiger partial charge in [-0.2, -0.15) is 0 Å². The molecular formula is C15H17F2N5S. The van der Waals surface area contributed by atoms with E-state index in [-0.39, 0.29) is 12.1 Å². The number of guanidine groups is 1. The maximum atomic E-state index is 13.6. The topological polar surface area (TPSA) is 57.8 Å². The van der Waals surface area contributed by atoms with Crippen LogP contribution in [-0.4, -0.2) is 42.0 Å². The molecule has 0 unspecified atom stereocenters. The van der Waals surface area contributed by atoms with Gasteiger partial charge >= 0.3 is 0 Å². The summed E-state index contributed by atoms with van der Waals surface area (Å²) in [6.07, 6.45) is 1.78. The van der Waals surface area contributed by atoms with Gasteiger partial charge in [0.05, 0.1) is 6.54 Å². The molecule has 0 radical (unpaired) electrons. The first-order valence-corrected chi connectivity index (χ1v) is 8.15. The number of hydrogen-bond donors (Lipinski definition) is 1. The summed E-state index contributed by atoms with van der Waals surface area (Å²) in [5, 5.41) is 2.94. The highest BCUT2D eigenvalue weighted by atomic mass is 32.1. The van der Waals surface area contributed by atoms with Crippen molar-refractivity contribution in [3.05, 3.63) is 47.0 Å². The normalized spacial score (nSPS) is 16.0. The van der Waals surface area contributed by atoms with Gasteiger partial charge in [0.2, 0.25) is 0 Å². The molecule has 0 atom stereocenters. The summed E-state index contributed by atoms with van der Waals surface area (Å²) in [5.41, 5.74) is 5.90. The second kappa shape index (κ2) is 6.91. The Morgan fingerprint density at radius 3 is 2.52 bits per heavy atom.